The van der Waals surface area contributed by atoms with Gasteiger partial charge in [0.15, 0.2) is 0 Å². The van der Waals surface area contributed by atoms with Gasteiger partial charge in [-0.2, -0.15) is 0 Å². The minimum Gasteiger partial charge on any atom is -0.507 e. The van der Waals surface area contributed by atoms with Crippen LogP contribution in [0.4, 0.5) is 0 Å². The number of amides is 8. The third kappa shape index (κ3) is 11.3. The first-order valence-electron chi connectivity index (χ1n) is 19.2. The molecule has 308 valence electrons. The summed E-state index contributed by atoms with van der Waals surface area (Å²) in [5.41, 5.74) is 0.370. The van der Waals surface area contributed by atoms with Crippen LogP contribution in [0.1, 0.15) is 131 Å². The van der Waals surface area contributed by atoms with Crippen LogP contribution in [-0.4, -0.2) is 110 Å². The van der Waals surface area contributed by atoms with Crippen LogP contribution in [0.3, 0.4) is 0 Å². The number of nitrogens with one attached hydrogen (secondary N) is 2. The van der Waals surface area contributed by atoms with Gasteiger partial charge in [-0.15, -0.1) is 0 Å². The summed E-state index contributed by atoms with van der Waals surface area (Å²) in [6, 6.07) is 7.01. The van der Waals surface area contributed by atoms with Crippen LogP contribution in [0.15, 0.2) is 36.4 Å². The molecule has 0 bridgehead atoms. The van der Waals surface area contributed by atoms with Crippen molar-refractivity contribution in [2.45, 2.75) is 102 Å². The van der Waals surface area contributed by atoms with E-state index in [1.807, 2.05) is 0 Å². The molecule has 4 aliphatic heterocycles. The molecular weight excluding hydrogens is 808 g/mol. The van der Waals surface area contributed by atoms with Crippen molar-refractivity contribution in [1.82, 2.24) is 20.4 Å². The number of rotatable bonds is 16. The van der Waals surface area contributed by atoms with E-state index in [1.165, 1.54) is 43.9 Å². The molecule has 0 radical (unpaired) electrons. The van der Waals surface area contributed by atoms with Crippen molar-refractivity contribution in [2.75, 3.05) is 25.2 Å². The molecule has 8 amide bonds. The van der Waals surface area contributed by atoms with Crippen LogP contribution in [0.2, 0.25) is 0 Å². The SMILES string of the molecule is O=C1CCC(N2C(=O)c3cccc(O)c3C2=O)C(=O)N1.O=C1CCC(N2C(=O)c3cccc(OCCCCCCCO)c3C2=O)C(=O)N1.OCCCCCCCBr. The van der Waals surface area contributed by atoms with E-state index in [0.29, 0.717) is 19.0 Å². The summed E-state index contributed by atoms with van der Waals surface area (Å²) in [5, 5.41) is 32.3. The maximum Gasteiger partial charge on any atom is 0.266 e. The van der Waals surface area contributed by atoms with Gasteiger partial charge >= 0.3 is 0 Å². The fourth-order valence-electron chi connectivity index (χ4n) is 6.76. The highest BCUT2D eigenvalue weighted by molar-refractivity contribution is 9.09. The predicted molar refractivity (Wildman–Crippen MR) is 208 cm³/mol. The summed E-state index contributed by atoms with van der Waals surface area (Å²) >= 11 is 3.37. The number of halogens is 1. The Balaban J connectivity index is 0.000000215. The zero-order valence-electron chi connectivity index (χ0n) is 31.6. The van der Waals surface area contributed by atoms with Crippen molar-refractivity contribution >= 4 is 63.2 Å². The Hall–Kier alpha value is -5.00. The molecule has 2 unspecified atom stereocenters. The summed E-state index contributed by atoms with van der Waals surface area (Å²) in [7, 11) is 0. The number of hydrogen-bond acceptors (Lipinski definition) is 12. The second-order valence-electron chi connectivity index (χ2n) is 13.8. The molecule has 16 nitrogen and oxygen atoms in total. The first kappa shape index (κ1) is 44.7. The first-order valence-corrected chi connectivity index (χ1v) is 20.4. The third-order valence-electron chi connectivity index (χ3n) is 9.73. The van der Waals surface area contributed by atoms with Gasteiger partial charge in [0.2, 0.25) is 23.6 Å². The number of aliphatic hydroxyl groups is 2. The number of unbranched alkanes of at least 4 members (excludes halogenated alkanes) is 8. The van der Waals surface area contributed by atoms with Gasteiger partial charge in [0.25, 0.3) is 23.6 Å². The third-order valence-corrected chi connectivity index (χ3v) is 10.3. The number of alkyl halides is 1. The van der Waals surface area contributed by atoms with E-state index in [1.54, 1.807) is 18.2 Å². The minimum atomic E-state index is -1.01. The summed E-state index contributed by atoms with van der Waals surface area (Å²) < 4.78 is 5.75. The Kier molecular flexibility index (Phi) is 17.3. The number of piperidine rings is 2. The monoisotopic (exact) mass is 856 g/mol. The zero-order chi connectivity index (χ0) is 41.5. The number of benzene rings is 2. The number of fused-ring (bicyclic) bond motifs is 2. The predicted octanol–water partition coefficient (Wildman–Crippen LogP) is 3.53. The van der Waals surface area contributed by atoms with Crippen LogP contribution in [0, 0.1) is 0 Å². The quantitative estimate of drug-likeness (QED) is 0.0927. The van der Waals surface area contributed by atoms with E-state index in [0.717, 1.165) is 53.7 Å². The van der Waals surface area contributed by atoms with Gasteiger partial charge in [-0.1, -0.05) is 66.6 Å². The second-order valence-corrected chi connectivity index (χ2v) is 14.6. The van der Waals surface area contributed by atoms with Gasteiger partial charge in [0.05, 0.1) is 28.9 Å². The Morgan fingerprint density at radius 1 is 0.596 bits per heavy atom. The minimum absolute atomic E-state index is 0.0653. The Bertz CT molecular complexity index is 1830. The molecular formula is C40H49BrN4O12. The highest BCUT2D eigenvalue weighted by atomic mass is 79.9. The molecule has 0 spiro atoms. The van der Waals surface area contributed by atoms with E-state index in [9.17, 15) is 43.5 Å². The first-order chi connectivity index (χ1) is 27.5. The summed E-state index contributed by atoms with van der Waals surface area (Å²) in [4.78, 5) is 98.2. The molecule has 2 aromatic rings. The van der Waals surface area contributed by atoms with Crippen LogP contribution in [0.5, 0.6) is 11.5 Å². The zero-order valence-corrected chi connectivity index (χ0v) is 33.2. The number of aromatic hydroxyl groups is 1. The highest BCUT2D eigenvalue weighted by Crippen LogP contribution is 2.34. The summed E-state index contributed by atoms with van der Waals surface area (Å²) in [6.07, 6.45) is 10.9. The van der Waals surface area contributed by atoms with E-state index >= 15 is 0 Å². The molecule has 2 fully saturated rings. The van der Waals surface area contributed by atoms with E-state index in [4.69, 9.17) is 14.9 Å². The van der Waals surface area contributed by atoms with Crippen molar-refractivity contribution in [1.29, 1.82) is 0 Å². The number of phenols is 1. The lowest BCUT2D eigenvalue weighted by molar-refractivity contribution is -0.137. The summed E-state index contributed by atoms with van der Waals surface area (Å²) in [5.74, 6) is -4.53. The number of nitrogens with zero attached hydrogens (tertiary/aromatic N) is 2. The van der Waals surface area contributed by atoms with Gasteiger partial charge < -0.3 is 20.1 Å². The standard InChI is InChI=1S/C20H24N2O6.C13H10N2O5.C7H15BrO/c23-11-4-2-1-3-5-12-28-15-8-6-7-13-17(15)20(27)22(19(13)26)14-9-10-16(24)21-18(14)25;16-8-3-1-2-6-10(8)13(20)15(12(6)19)7-4-5-9(17)14-11(7)18;8-6-4-2-1-3-5-7-9/h6-8,14,23H,1-5,9-12H2,(H,21,24,25);1-3,7,16H,4-5H2,(H,14,17,18);9H,1-7H2. The van der Waals surface area contributed by atoms with Gasteiger partial charge in [-0.3, -0.25) is 58.8 Å². The van der Waals surface area contributed by atoms with Gasteiger partial charge in [-0.25, -0.2) is 0 Å². The number of phenolic OH excluding ortho intramolecular Hbond substituents is 1. The largest absolute Gasteiger partial charge is 0.507 e. The topological polar surface area (TPSA) is 237 Å². The molecule has 2 atom stereocenters. The number of hydrogen-bond donors (Lipinski definition) is 5. The normalized spacial score (nSPS) is 18.6. The maximum absolute atomic E-state index is 12.9. The van der Waals surface area contributed by atoms with E-state index < -0.39 is 59.3 Å². The van der Waals surface area contributed by atoms with Gasteiger partial charge in [0, 0.05) is 31.4 Å². The van der Waals surface area contributed by atoms with Crippen LogP contribution in [0.25, 0.3) is 0 Å². The number of aliphatic hydroxyl groups excluding tert-OH is 2. The molecule has 2 saturated heterocycles. The molecule has 6 rings (SSSR count). The van der Waals surface area contributed by atoms with Crippen molar-refractivity contribution in [3.8, 4) is 11.5 Å². The molecule has 57 heavy (non-hydrogen) atoms. The summed E-state index contributed by atoms with van der Waals surface area (Å²) in [6.45, 7) is 0.968. The van der Waals surface area contributed by atoms with E-state index in [-0.39, 0.29) is 60.3 Å². The lowest BCUT2D eigenvalue weighted by atomic mass is 10.0. The van der Waals surface area contributed by atoms with Crippen LogP contribution in [-0.2, 0) is 19.2 Å². The van der Waals surface area contributed by atoms with Gasteiger partial charge in [-0.05, 0) is 62.8 Å². The van der Waals surface area contributed by atoms with Crippen LogP contribution >= 0.6 is 15.9 Å². The number of ether oxygens (including phenoxy) is 1. The van der Waals surface area contributed by atoms with E-state index in [2.05, 4.69) is 26.6 Å². The molecule has 17 heteroatoms. The molecule has 0 aliphatic carbocycles. The molecule has 0 saturated carbocycles. The second kappa shape index (κ2) is 22.1. The molecule has 2 aromatic carbocycles. The van der Waals surface area contributed by atoms with Crippen molar-refractivity contribution in [3.05, 3.63) is 58.7 Å². The molecule has 4 aliphatic rings. The highest BCUT2D eigenvalue weighted by Gasteiger charge is 2.47. The lowest BCUT2D eigenvalue weighted by Gasteiger charge is -2.27. The smallest absolute Gasteiger partial charge is 0.266 e. The Morgan fingerprint density at radius 3 is 1.54 bits per heavy atom. The Morgan fingerprint density at radius 2 is 1.05 bits per heavy atom. The van der Waals surface area contributed by atoms with Crippen molar-refractivity contribution in [3.63, 3.8) is 0 Å². The number of imide groups is 4. The average Bonchev–Trinajstić information content (AvgIpc) is 3.60. The molecule has 5 N–H and O–H groups in total. The Labute approximate surface area is 338 Å². The number of carbonyl (C=O) groups is 8. The lowest BCUT2D eigenvalue weighted by Crippen LogP contribution is -2.54. The fourth-order valence-corrected chi connectivity index (χ4v) is 7.16. The fraction of sp³-hybridized carbons (Fsp3) is 0.500. The van der Waals surface area contributed by atoms with Crippen LogP contribution < -0.4 is 15.4 Å². The molecule has 4 heterocycles. The van der Waals surface area contributed by atoms with Gasteiger partial charge in [0.1, 0.15) is 23.6 Å². The molecule has 0 aromatic heterocycles. The average molecular weight is 858 g/mol. The van der Waals surface area contributed by atoms with Crippen molar-refractivity contribution in [2.24, 2.45) is 0 Å². The van der Waals surface area contributed by atoms with Crippen molar-refractivity contribution < 1.29 is 58.4 Å². The number of carbonyl (C=O) groups excluding carboxylic acids is 8. The maximum atomic E-state index is 12.9.